The summed E-state index contributed by atoms with van der Waals surface area (Å²) in [4.78, 5) is 17.5. The van der Waals surface area contributed by atoms with E-state index in [-0.39, 0.29) is 15.3 Å². The highest BCUT2D eigenvalue weighted by Gasteiger charge is 2.17. The second kappa shape index (κ2) is 3.36. The zero-order chi connectivity index (χ0) is 9.35. The average Bonchev–Trinajstić information content (AvgIpc) is 1.82. The third kappa shape index (κ3) is 2.47. The first-order valence-electron chi connectivity index (χ1n) is 2.92. The first-order chi connectivity index (χ1) is 5.39. The summed E-state index contributed by atoms with van der Waals surface area (Å²) in [6.45, 7) is 0. The van der Waals surface area contributed by atoms with Gasteiger partial charge in [-0.25, -0.2) is 0 Å². The van der Waals surface area contributed by atoms with Gasteiger partial charge in [-0.1, -0.05) is 23.2 Å². The fraction of sp³-hybridized carbons (Fsp3) is 0. The molecule has 0 heterocycles. The van der Waals surface area contributed by atoms with Crippen LogP contribution < -0.4 is 5.30 Å². The molecule has 12 heavy (non-hydrogen) atoms. The molecule has 1 aromatic carbocycles. The lowest BCUT2D eigenvalue weighted by molar-refractivity contribution is 0.387. The van der Waals surface area contributed by atoms with E-state index in [1.807, 2.05) is 0 Å². The van der Waals surface area contributed by atoms with Crippen LogP contribution in [0.2, 0.25) is 10.0 Å². The van der Waals surface area contributed by atoms with Gasteiger partial charge < -0.3 is 9.79 Å². The maximum absolute atomic E-state index is 10.7. The van der Waals surface area contributed by atoms with Crippen LogP contribution in [0.3, 0.4) is 0 Å². The zero-order valence-electron chi connectivity index (χ0n) is 5.74. The van der Waals surface area contributed by atoms with Crippen molar-refractivity contribution < 1.29 is 14.4 Å². The summed E-state index contributed by atoms with van der Waals surface area (Å²) in [6.07, 6.45) is 0. The Morgan fingerprint density at radius 2 is 1.50 bits per heavy atom. The first-order valence-corrected chi connectivity index (χ1v) is 5.28. The van der Waals surface area contributed by atoms with Crippen molar-refractivity contribution >= 4 is 36.1 Å². The number of rotatable bonds is 1. The van der Waals surface area contributed by atoms with E-state index in [4.69, 9.17) is 33.0 Å². The van der Waals surface area contributed by atoms with Crippen LogP contribution in [0, 0.1) is 0 Å². The summed E-state index contributed by atoms with van der Waals surface area (Å²) in [5.41, 5.74) is 0. The van der Waals surface area contributed by atoms with E-state index in [1.54, 1.807) is 0 Å². The smallest absolute Gasteiger partial charge is 0.321 e. The van der Waals surface area contributed by atoms with E-state index < -0.39 is 7.60 Å². The Hall–Kier alpha value is -0.0500. The molecule has 0 aliphatic heterocycles. The van der Waals surface area contributed by atoms with Crippen LogP contribution in [0.15, 0.2) is 18.2 Å². The van der Waals surface area contributed by atoms with Gasteiger partial charge in [-0.15, -0.1) is 0 Å². The van der Waals surface area contributed by atoms with Gasteiger partial charge in [-0.05, 0) is 18.2 Å². The quantitative estimate of drug-likeness (QED) is 0.719. The third-order valence-corrected chi connectivity index (χ3v) is 2.55. The van der Waals surface area contributed by atoms with Gasteiger partial charge in [-0.3, -0.25) is 4.57 Å². The van der Waals surface area contributed by atoms with Gasteiger partial charge in [0.05, 0.1) is 5.30 Å². The molecule has 3 nitrogen and oxygen atoms in total. The molecule has 0 saturated heterocycles. The van der Waals surface area contributed by atoms with Crippen molar-refractivity contribution in [1.29, 1.82) is 0 Å². The SMILES string of the molecule is O=P(O)(O)c1cc(Cl)cc(Cl)c1. The Labute approximate surface area is 79.1 Å². The number of hydrogen-bond donors (Lipinski definition) is 2. The minimum absolute atomic E-state index is 0.167. The van der Waals surface area contributed by atoms with Crippen LogP contribution in [0.5, 0.6) is 0 Å². The molecule has 66 valence electrons. The maximum Gasteiger partial charge on any atom is 0.356 e. The molecule has 1 rings (SSSR count). The van der Waals surface area contributed by atoms with E-state index in [9.17, 15) is 4.57 Å². The van der Waals surface area contributed by atoms with E-state index in [0.29, 0.717) is 0 Å². The highest BCUT2D eigenvalue weighted by Crippen LogP contribution is 2.35. The third-order valence-electron chi connectivity index (χ3n) is 1.18. The summed E-state index contributed by atoms with van der Waals surface area (Å²) in [5, 5.41) is 0.252. The van der Waals surface area contributed by atoms with Gasteiger partial charge in [0.15, 0.2) is 0 Å². The molecule has 0 radical (unpaired) electrons. The van der Waals surface area contributed by atoms with Crippen LogP contribution in [0.4, 0.5) is 0 Å². The van der Waals surface area contributed by atoms with Crippen LogP contribution in [0.25, 0.3) is 0 Å². The molecule has 0 bridgehead atoms. The standard InChI is InChI=1S/C6H5Cl2O3P/c7-4-1-5(8)3-6(2-4)12(9,10)11/h1-3H,(H2,9,10,11). The Kier molecular flexibility index (Phi) is 2.81. The Bertz CT molecular complexity index is 326. The Morgan fingerprint density at radius 3 is 1.83 bits per heavy atom. The van der Waals surface area contributed by atoms with E-state index in [0.717, 1.165) is 0 Å². The van der Waals surface area contributed by atoms with Gasteiger partial charge in [0.2, 0.25) is 0 Å². The van der Waals surface area contributed by atoms with Crippen molar-refractivity contribution in [2.45, 2.75) is 0 Å². The Balaban J connectivity index is 3.27. The number of hydrogen-bond acceptors (Lipinski definition) is 1. The van der Waals surface area contributed by atoms with Crippen LogP contribution in [-0.4, -0.2) is 9.79 Å². The topological polar surface area (TPSA) is 57.5 Å². The van der Waals surface area contributed by atoms with Crippen molar-refractivity contribution in [3.05, 3.63) is 28.2 Å². The zero-order valence-corrected chi connectivity index (χ0v) is 8.14. The molecule has 1 aromatic rings. The van der Waals surface area contributed by atoms with E-state index in [2.05, 4.69) is 0 Å². The van der Waals surface area contributed by atoms with Crippen molar-refractivity contribution in [1.82, 2.24) is 0 Å². The molecular weight excluding hydrogens is 222 g/mol. The maximum atomic E-state index is 10.7. The average molecular weight is 227 g/mol. The number of halogens is 2. The van der Waals surface area contributed by atoms with Gasteiger partial charge in [0.25, 0.3) is 0 Å². The molecule has 0 spiro atoms. The van der Waals surface area contributed by atoms with Gasteiger partial charge in [-0.2, -0.15) is 0 Å². The minimum atomic E-state index is -4.24. The highest BCUT2D eigenvalue weighted by molar-refractivity contribution is 7.60. The molecule has 0 aliphatic carbocycles. The second-order valence-electron chi connectivity index (χ2n) is 2.17. The molecule has 0 fully saturated rings. The predicted octanol–water partition coefficient (Wildman–Crippen LogP) is 1.80. The molecule has 0 amide bonds. The summed E-state index contributed by atoms with van der Waals surface area (Å²) in [5.74, 6) is 0. The summed E-state index contributed by atoms with van der Waals surface area (Å²) < 4.78 is 10.7. The lowest BCUT2D eigenvalue weighted by atomic mass is 10.4. The van der Waals surface area contributed by atoms with Crippen LogP contribution >= 0.6 is 30.8 Å². The lowest BCUT2D eigenvalue weighted by Gasteiger charge is -2.04. The lowest BCUT2D eigenvalue weighted by Crippen LogP contribution is -2.02. The second-order valence-corrected chi connectivity index (χ2v) is 4.65. The van der Waals surface area contributed by atoms with Crippen molar-refractivity contribution in [3.8, 4) is 0 Å². The largest absolute Gasteiger partial charge is 0.356 e. The Morgan fingerprint density at radius 1 is 1.08 bits per heavy atom. The fourth-order valence-corrected chi connectivity index (χ4v) is 2.00. The van der Waals surface area contributed by atoms with Crippen LogP contribution in [0.1, 0.15) is 0 Å². The summed E-state index contributed by atoms with van der Waals surface area (Å²) in [7, 11) is -4.24. The monoisotopic (exact) mass is 226 g/mol. The van der Waals surface area contributed by atoms with Crippen LogP contribution in [-0.2, 0) is 4.57 Å². The van der Waals surface area contributed by atoms with Crippen molar-refractivity contribution in [2.24, 2.45) is 0 Å². The molecule has 2 N–H and O–H groups in total. The van der Waals surface area contributed by atoms with Gasteiger partial charge >= 0.3 is 7.60 Å². The predicted molar refractivity (Wildman–Crippen MR) is 48.1 cm³/mol. The molecule has 0 saturated carbocycles. The molecule has 6 heteroatoms. The fourth-order valence-electron chi connectivity index (χ4n) is 0.707. The molecule has 0 unspecified atom stereocenters. The van der Waals surface area contributed by atoms with Gasteiger partial charge in [0, 0.05) is 10.0 Å². The normalized spacial score (nSPS) is 11.7. The summed E-state index contributed by atoms with van der Waals surface area (Å²) >= 11 is 11.1. The molecule has 0 aromatic heterocycles. The molecule has 0 atom stereocenters. The molecule has 0 aliphatic rings. The minimum Gasteiger partial charge on any atom is -0.321 e. The van der Waals surface area contributed by atoms with Crippen molar-refractivity contribution in [3.63, 3.8) is 0 Å². The van der Waals surface area contributed by atoms with E-state index in [1.165, 1.54) is 18.2 Å². The number of benzene rings is 1. The first kappa shape index (κ1) is 10.0. The van der Waals surface area contributed by atoms with Gasteiger partial charge in [0.1, 0.15) is 0 Å². The van der Waals surface area contributed by atoms with E-state index >= 15 is 0 Å². The summed E-state index contributed by atoms with van der Waals surface area (Å²) in [6, 6.07) is 3.78. The molecular formula is C6H5Cl2O3P. The van der Waals surface area contributed by atoms with Crippen molar-refractivity contribution in [2.75, 3.05) is 0 Å². The highest BCUT2D eigenvalue weighted by atomic mass is 35.5.